The van der Waals surface area contributed by atoms with Crippen molar-refractivity contribution < 1.29 is 14.3 Å². The second-order valence-electron chi connectivity index (χ2n) is 9.74. The molecule has 2 amide bonds. The predicted octanol–water partition coefficient (Wildman–Crippen LogP) is 8.01. The van der Waals surface area contributed by atoms with Gasteiger partial charge in [0.25, 0.3) is 11.8 Å². The fourth-order valence-corrected chi connectivity index (χ4v) is 4.80. The number of nitrogens with one attached hydrogen (secondary N) is 2. The lowest BCUT2D eigenvalue weighted by Crippen LogP contribution is -2.28. The van der Waals surface area contributed by atoms with Crippen molar-refractivity contribution in [3.63, 3.8) is 0 Å². The topological polar surface area (TPSA) is 67.4 Å². The van der Waals surface area contributed by atoms with Crippen LogP contribution in [0.3, 0.4) is 0 Å². The normalized spacial score (nSPS) is 11.8. The molecule has 2 aromatic carbocycles. The lowest BCUT2D eigenvalue weighted by atomic mass is 10.1. The SMILES string of the molecule is CCCCCCCCCCSc1ccc(C(=O)Nc2cc(C(=O)NCC(C)S)ccc2OC(C)C)cc1. The molecule has 0 saturated heterocycles. The van der Waals surface area contributed by atoms with Gasteiger partial charge in [0.2, 0.25) is 0 Å². The van der Waals surface area contributed by atoms with Crippen LogP contribution in [0.15, 0.2) is 47.4 Å². The Bertz CT molecular complexity index is 962. The number of thiol groups is 1. The van der Waals surface area contributed by atoms with Crippen molar-refractivity contribution in [1.29, 1.82) is 0 Å². The summed E-state index contributed by atoms with van der Waals surface area (Å²) >= 11 is 6.14. The van der Waals surface area contributed by atoms with E-state index in [4.69, 9.17) is 4.74 Å². The van der Waals surface area contributed by atoms with Crippen LogP contribution in [0.5, 0.6) is 5.75 Å². The van der Waals surface area contributed by atoms with Crippen molar-refractivity contribution in [1.82, 2.24) is 5.32 Å². The van der Waals surface area contributed by atoms with Gasteiger partial charge in [-0.25, -0.2) is 0 Å². The molecule has 204 valence electrons. The van der Waals surface area contributed by atoms with Gasteiger partial charge in [0.15, 0.2) is 0 Å². The number of benzene rings is 2. The van der Waals surface area contributed by atoms with Gasteiger partial charge in [-0.1, -0.05) is 58.8 Å². The highest BCUT2D eigenvalue weighted by atomic mass is 32.2. The molecule has 0 saturated carbocycles. The Kier molecular flexibility index (Phi) is 14.6. The summed E-state index contributed by atoms with van der Waals surface area (Å²) in [5.74, 6) is 1.16. The number of hydrogen-bond acceptors (Lipinski definition) is 5. The Morgan fingerprint density at radius 2 is 1.49 bits per heavy atom. The van der Waals surface area contributed by atoms with Crippen LogP contribution in [-0.2, 0) is 0 Å². The average Bonchev–Trinajstić information content (AvgIpc) is 2.87. The van der Waals surface area contributed by atoms with Crippen LogP contribution in [0.1, 0.15) is 99.8 Å². The Hall–Kier alpha value is -2.12. The highest BCUT2D eigenvalue weighted by Crippen LogP contribution is 2.28. The van der Waals surface area contributed by atoms with E-state index in [2.05, 4.69) is 30.2 Å². The van der Waals surface area contributed by atoms with Crippen LogP contribution < -0.4 is 15.4 Å². The molecule has 1 unspecified atom stereocenters. The summed E-state index contributed by atoms with van der Waals surface area (Å²) in [6.45, 7) is 8.46. The summed E-state index contributed by atoms with van der Waals surface area (Å²) in [6, 6.07) is 12.8. The minimum Gasteiger partial charge on any atom is -0.489 e. The molecule has 0 aromatic heterocycles. The molecule has 2 N–H and O–H groups in total. The highest BCUT2D eigenvalue weighted by Gasteiger charge is 2.15. The van der Waals surface area contributed by atoms with E-state index >= 15 is 0 Å². The molecule has 5 nitrogen and oxygen atoms in total. The van der Waals surface area contributed by atoms with E-state index in [1.54, 1.807) is 18.2 Å². The lowest BCUT2D eigenvalue weighted by molar-refractivity contribution is 0.0952. The summed E-state index contributed by atoms with van der Waals surface area (Å²) in [5.41, 5.74) is 1.48. The van der Waals surface area contributed by atoms with Gasteiger partial charge in [-0.2, -0.15) is 12.6 Å². The van der Waals surface area contributed by atoms with Gasteiger partial charge in [-0.05, 0) is 68.5 Å². The van der Waals surface area contributed by atoms with E-state index in [0.717, 1.165) is 5.75 Å². The molecule has 2 aromatic rings. The van der Waals surface area contributed by atoms with Gasteiger partial charge in [-0.15, -0.1) is 11.8 Å². The molecule has 0 aliphatic rings. The number of amides is 2. The molecule has 0 radical (unpaired) electrons. The number of hydrogen-bond donors (Lipinski definition) is 3. The molecule has 2 rings (SSSR count). The zero-order valence-electron chi connectivity index (χ0n) is 22.8. The van der Waals surface area contributed by atoms with Crippen molar-refractivity contribution >= 4 is 41.9 Å². The first-order valence-electron chi connectivity index (χ1n) is 13.6. The van der Waals surface area contributed by atoms with Gasteiger partial charge >= 0.3 is 0 Å². The number of carbonyl (C=O) groups excluding carboxylic acids is 2. The predicted molar refractivity (Wildman–Crippen MR) is 161 cm³/mol. The summed E-state index contributed by atoms with van der Waals surface area (Å²) < 4.78 is 5.87. The van der Waals surface area contributed by atoms with Crippen molar-refractivity contribution in [2.45, 2.75) is 95.3 Å². The van der Waals surface area contributed by atoms with E-state index in [-0.39, 0.29) is 23.2 Å². The maximum absolute atomic E-state index is 13.0. The van der Waals surface area contributed by atoms with Crippen molar-refractivity contribution in [2.24, 2.45) is 0 Å². The van der Waals surface area contributed by atoms with Crippen LogP contribution in [0, 0.1) is 0 Å². The fraction of sp³-hybridized carbons (Fsp3) is 0.533. The molecular formula is C30H44N2O3S2. The lowest BCUT2D eigenvalue weighted by Gasteiger charge is -2.16. The number of carbonyl (C=O) groups is 2. The number of anilines is 1. The standard InChI is InChI=1S/C30H44N2O3S2/c1-5-6-7-8-9-10-11-12-19-37-26-16-13-24(14-17-26)30(34)32-27-20-25(29(33)31-21-23(4)36)15-18-28(27)35-22(2)3/h13-18,20,22-23,36H,5-12,19,21H2,1-4H3,(H,31,33)(H,32,34). The summed E-state index contributed by atoms with van der Waals surface area (Å²) in [4.78, 5) is 26.7. The molecule has 0 aliphatic heterocycles. The number of ether oxygens (including phenoxy) is 1. The second kappa shape index (κ2) is 17.4. The molecule has 1 atom stereocenters. The Balaban J connectivity index is 1.92. The largest absolute Gasteiger partial charge is 0.489 e. The molecule has 0 fully saturated rings. The van der Waals surface area contributed by atoms with Gasteiger partial charge in [0.05, 0.1) is 11.8 Å². The van der Waals surface area contributed by atoms with Crippen molar-refractivity contribution in [2.75, 3.05) is 17.6 Å². The first-order chi connectivity index (χ1) is 17.8. The molecular weight excluding hydrogens is 500 g/mol. The minimum atomic E-state index is -0.241. The maximum Gasteiger partial charge on any atom is 0.255 e. The smallest absolute Gasteiger partial charge is 0.255 e. The summed E-state index contributed by atoms with van der Waals surface area (Å²) in [6.07, 6.45) is 10.5. The van der Waals surface area contributed by atoms with Gasteiger partial charge in [0.1, 0.15) is 5.75 Å². The van der Waals surface area contributed by atoms with E-state index in [9.17, 15) is 9.59 Å². The van der Waals surface area contributed by atoms with Gasteiger partial charge in [0, 0.05) is 27.8 Å². The second-order valence-corrected chi connectivity index (χ2v) is 11.8. The Morgan fingerprint density at radius 3 is 2.11 bits per heavy atom. The molecule has 7 heteroatoms. The summed E-state index contributed by atoms with van der Waals surface area (Å²) in [7, 11) is 0. The molecule has 37 heavy (non-hydrogen) atoms. The van der Waals surface area contributed by atoms with Gasteiger partial charge < -0.3 is 15.4 Å². The average molecular weight is 545 g/mol. The fourth-order valence-electron chi connectivity index (χ4n) is 3.79. The van der Waals surface area contributed by atoms with Crippen LogP contribution >= 0.6 is 24.4 Å². The zero-order valence-corrected chi connectivity index (χ0v) is 24.6. The first-order valence-corrected chi connectivity index (χ1v) is 15.1. The molecule has 0 spiro atoms. The molecule has 0 aliphatic carbocycles. The number of thioether (sulfide) groups is 1. The third-order valence-electron chi connectivity index (χ3n) is 5.79. The zero-order chi connectivity index (χ0) is 27.0. The van der Waals surface area contributed by atoms with Gasteiger partial charge in [-0.3, -0.25) is 9.59 Å². The van der Waals surface area contributed by atoms with Crippen LogP contribution in [0.4, 0.5) is 5.69 Å². The van der Waals surface area contributed by atoms with Crippen LogP contribution in [0.2, 0.25) is 0 Å². The van der Waals surface area contributed by atoms with Crippen LogP contribution in [0.25, 0.3) is 0 Å². The van der Waals surface area contributed by atoms with E-state index in [1.165, 1.54) is 56.3 Å². The quantitative estimate of drug-likeness (QED) is 0.107. The number of unbranched alkanes of at least 4 members (excludes halogenated alkanes) is 7. The Labute approximate surface area is 233 Å². The van der Waals surface area contributed by atoms with Crippen LogP contribution in [-0.4, -0.2) is 35.5 Å². The van der Waals surface area contributed by atoms with E-state index < -0.39 is 0 Å². The Morgan fingerprint density at radius 1 is 0.865 bits per heavy atom. The molecule has 0 heterocycles. The van der Waals surface area contributed by atoms with E-state index in [0.29, 0.717) is 29.1 Å². The number of rotatable bonds is 17. The summed E-state index contributed by atoms with van der Waals surface area (Å²) in [5, 5.41) is 5.82. The van der Waals surface area contributed by atoms with Crippen molar-refractivity contribution in [3.05, 3.63) is 53.6 Å². The first kappa shape index (κ1) is 31.1. The maximum atomic E-state index is 13.0. The minimum absolute atomic E-state index is 0.0492. The highest BCUT2D eigenvalue weighted by molar-refractivity contribution is 7.99. The third kappa shape index (κ3) is 12.3. The monoisotopic (exact) mass is 544 g/mol. The van der Waals surface area contributed by atoms with Crippen molar-refractivity contribution in [3.8, 4) is 5.75 Å². The molecule has 0 bridgehead atoms. The third-order valence-corrected chi connectivity index (χ3v) is 7.07. The van der Waals surface area contributed by atoms with E-state index in [1.807, 2.05) is 56.8 Å².